The number of carbonyl (C=O) groups is 1. The number of nitro groups is 1. The SMILES string of the molecule is Cc1ccc(C(=O)Nc2nnc(SCCCc3ccccc3)s2)cc1[N+](=O)[O-]. The highest BCUT2D eigenvalue weighted by Crippen LogP contribution is 2.27. The number of nitrogens with zero attached hydrogens (tertiary/aromatic N) is 3. The summed E-state index contributed by atoms with van der Waals surface area (Å²) < 4.78 is 0.776. The Morgan fingerprint density at radius 2 is 2.00 bits per heavy atom. The molecule has 0 aliphatic carbocycles. The van der Waals surface area contributed by atoms with E-state index in [4.69, 9.17) is 0 Å². The first-order chi connectivity index (χ1) is 13.5. The summed E-state index contributed by atoms with van der Waals surface area (Å²) in [5.41, 5.74) is 1.94. The van der Waals surface area contributed by atoms with Gasteiger partial charge in [-0.3, -0.25) is 20.2 Å². The number of carbonyl (C=O) groups excluding carboxylic acids is 1. The van der Waals surface area contributed by atoms with Gasteiger partial charge in [-0.05, 0) is 31.4 Å². The van der Waals surface area contributed by atoms with Gasteiger partial charge in [-0.25, -0.2) is 0 Å². The second-order valence-electron chi connectivity index (χ2n) is 6.02. The van der Waals surface area contributed by atoms with Crippen molar-refractivity contribution in [2.45, 2.75) is 24.1 Å². The molecule has 28 heavy (non-hydrogen) atoms. The molecule has 1 aromatic heterocycles. The largest absolute Gasteiger partial charge is 0.296 e. The number of aryl methyl sites for hydroxylation is 2. The fourth-order valence-corrected chi connectivity index (χ4v) is 4.27. The Bertz CT molecular complexity index is 976. The third-order valence-electron chi connectivity index (χ3n) is 3.97. The van der Waals surface area contributed by atoms with Gasteiger partial charge in [-0.1, -0.05) is 59.5 Å². The second-order valence-corrected chi connectivity index (χ2v) is 8.34. The zero-order valence-corrected chi connectivity index (χ0v) is 16.8. The molecule has 9 heteroatoms. The van der Waals surface area contributed by atoms with Gasteiger partial charge in [0.2, 0.25) is 5.13 Å². The number of aromatic nitrogens is 2. The summed E-state index contributed by atoms with van der Waals surface area (Å²) in [7, 11) is 0. The average Bonchev–Trinajstić information content (AvgIpc) is 3.13. The molecule has 1 heterocycles. The predicted octanol–water partition coefficient (Wildman–Crippen LogP) is 4.73. The molecule has 0 aliphatic heterocycles. The quantitative estimate of drug-likeness (QED) is 0.188. The Hall–Kier alpha value is -2.78. The van der Waals surface area contributed by atoms with Gasteiger partial charge in [0.25, 0.3) is 11.6 Å². The number of benzene rings is 2. The molecule has 1 N–H and O–H groups in total. The van der Waals surface area contributed by atoms with Crippen LogP contribution in [0.2, 0.25) is 0 Å². The minimum Gasteiger partial charge on any atom is -0.296 e. The Morgan fingerprint density at radius 3 is 2.75 bits per heavy atom. The Labute approximate surface area is 170 Å². The molecule has 3 aromatic rings. The van der Waals surface area contributed by atoms with Crippen LogP contribution < -0.4 is 5.32 Å². The zero-order valence-electron chi connectivity index (χ0n) is 15.1. The van der Waals surface area contributed by atoms with E-state index in [9.17, 15) is 14.9 Å². The molecule has 0 aliphatic rings. The number of hydrogen-bond acceptors (Lipinski definition) is 7. The van der Waals surface area contributed by atoms with Gasteiger partial charge < -0.3 is 0 Å². The first-order valence-electron chi connectivity index (χ1n) is 8.59. The molecular weight excluding hydrogens is 396 g/mol. The summed E-state index contributed by atoms with van der Waals surface area (Å²) in [5.74, 6) is 0.460. The van der Waals surface area contributed by atoms with Gasteiger partial charge in [0.05, 0.1) is 4.92 Å². The van der Waals surface area contributed by atoms with Gasteiger partial charge in [-0.2, -0.15) is 0 Å². The Morgan fingerprint density at radius 1 is 1.21 bits per heavy atom. The molecule has 0 saturated heterocycles. The van der Waals surface area contributed by atoms with E-state index in [0.717, 1.165) is 22.9 Å². The third-order valence-corrected chi connectivity index (χ3v) is 6.03. The Balaban J connectivity index is 1.52. The lowest BCUT2D eigenvalue weighted by Crippen LogP contribution is -2.12. The molecule has 0 atom stereocenters. The maximum atomic E-state index is 12.3. The van der Waals surface area contributed by atoms with Crippen LogP contribution in [0, 0.1) is 17.0 Å². The number of anilines is 1. The second kappa shape index (κ2) is 9.43. The average molecular weight is 415 g/mol. The van der Waals surface area contributed by atoms with Crippen LogP contribution in [0.4, 0.5) is 10.8 Å². The van der Waals surface area contributed by atoms with E-state index in [0.29, 0.717) is 10.7 Å². The van der Waals surface area contributed by atoms with Crippen molar-refractivity contribution in [2.75, 3.05) is 11.1 Å². The summed E-state index contributed by atoms with van der Waals surface area (Å²) in [4.78, 5) is 22.9. The highest BCUT2D eigenvalue weighted by Gasteiger charge is 2.16. The fourth-order valence-electron chi connectivity index (χ4n) is 2.52. The van der Waals surface area contributed by atoms with Crippen LogP contribution in [-0.4, -0.2) is 26.8 Å². The lowest BCUT2D eigenvalue weighted by atomic mass is 10.1. The van der Waals surface area contributed by atoms with Crippen molar-refractivity contribution in [2.24, 2.45) is 0 Å². The van der Waals surface area contributed by atoms with E-state index in [-0.39, 0.29) is 11.3 Å². The lowest BCUT2D eigenvalue weighted by Gasteiger charge is -2.02. The van der Waals surface area contributed by atoms with E-state index >= 15 is 0 Å². The maximum Gasteiger partial charge on any atom is 0.273 e. The van der Waals surface area contributed by atoms with Crippen molar-refractivity contribution in [3.05, 3.63) is 75.3 Å². The molecule has 1 amide bonds. The summed E-state index contributed by atoms with van der Waals surface area (Å²) in [6, 6.07) is 14.7. The monoisotopic (exact) mass is 414 g/mol. The molecule has 144 valence electrons. The van der Waals surface area contributed by atoms with Crippen LogP contribution in [0.15, 0.2) is 52.9 Å². The molecular formula is C19H18N4O3S2. The molecule has 0 bridgehead atoms. The molecule has 0 unspecified atom stereocenters. The first-order valence-corrected chi connectivity index (χ1v) is 10.4. The van der Waals surface area contributed by atoms with E-state index < -0.39 is 10.8 Å². The highest BCUT2D eigenvalue weighted by molar-refractivity contribution is 8.01. The standard InChI is InChI=1S/C19H18N4O3S2/c1-13-9-10-15(12-16(13)23(25)26)17(24)20-18-21-22-19(28-18)27-11-5-8-14-6-3-2-4-7-14/h2-4,6-7,9-10,12H,5,8,11H2,1H3,(H,20,21,24). The van der Waals surface area contributed by atoms with Gasteiger partial charge in [0, 0.05) is 22.9 Å². The lowest BCUT2D eigenvalue weighted by molar-refractivity contribution is -0.385. The maximum absolute atomic E-state index is 12.3. The Kier molecular flexibility index (Phi) is 6.72. The number of nitro benzene ring substituents is 1. The van der Waals surface area contributed by atoms with Gasteiger partial charge in [-0.15, -0.1) is 10.2 Å². The van der Waals surface area contributed by atoms with Crippen molar-refractivity contribution in [1.29, 1.82) is 0 Å². The van der Waals surface area contributed by atoms with Crippen LogP contribution in [0.5, 0.6) is 0 Å². The normalized spacial score (nSPS) is 10.6. The summed E-state index contributed by atoms with van der Waals surface area (Å²) in [6.07, 6.45) is 2.02. The van der Waals surface area contributed by atoms with E-state index in [1.165, 1.54) is 23.0 Å². The van der Waals surface area contributed by atoms with Crippen LogP contribution in [-0.2, 0) is 6.42 Å². The number of thioether (sulfide) groups is 1. The zero-order chi connectivity index (χ0) is 19.9. The van der Waals surface area contributed by atoms with Crippen LogP contribution in [0.1, 0.15) is 27.9 Å². The van der Waals surface area contributed by atoms with Crippen molar-refractivity contribution in [3.63, 3.8) is 0 Å². The van der Waals surface area contributed by atoms with Crippen LogP contribution in [0.25, 0.3) is 0 Å². The van der Waals surface area contributed by atoms with Crippen molar-refractivity contribution < 1.29 is 9.72 Å². The molecule has 0 saturated carbocycles. The van der Waals surface area contributed by atoms with Crippen molar-refractivity contribution >= 4 is 39.8 Å². The highest BCUT2D eigenvalue weighted by atomic mass is 32.2. The number of nitrogens with one attached hydrogen (secondary N) is 1. The van der Waals surface area contributed by atoms with Crippen LogP contribution in [0.3, 0.4) is 0 Å². The summed E-state index contributed by atoms with van der Waals surface area (Å²) >= 11 is 2.89. The topological polar surface area (TPSA) is 98.0 Å². The van der Waals surface area contributed by atoms with Crippen molar-refractivity contribution in [3.8, 4) is 0 Å². The van der Waals surface area contributed by atoms with Gasteiger partial charge in [0.15, 0.2) is 4.34 Å². The molecule has 2 aromatic carbocycles. The molecule has 7 nitrogen and oxygen atoms in total. The summed E-state index contributed by atoms with van der Waals surface area (Å²) in [6.45, 7) is 1.63. The minimum absolute atomic E-state index is 0.0837. The smallest absolute Gasteiger partial charge is 0.273 e. The van der Waals surface area contributed by atoms with Gasteiger partial charge >= 0.3 is 0 Å². The van der Waals surface area contributed by atoms with Crippen LogP contribution >= 0.6 is 23.1 Å². The van der Waals surface area contributed by atoms with E-state index in [2.05, 4.69) is 27.6 Å². The van der Waals surface area contributed by atoms with E-state index in [1.54, 1.807) is 30.8 Å². The first kappa shape index (κ1) is 20.0. The molecule has 0 spiro atoms. The molecule has 0 radical (unpaired) electrons. The van der Waals surface area contributed by atoms with Gasteiger partial charge in [0.1, 0.15) is 0 Å². The molecule has 0 fully saturated rings. The number of amides is 1. The number of hydrogen-bond donors (Lipinski definition) is 1. The fraction of sp³-hybridized carbons (Fsp3) is 0.211. The summed E-state index contributed by atoms with van der Waals surface area (Å²) in [5, 5.41) is 22.1. The minimum atomic E-state index is -0.499. The van der Waals surface area contributed by atoms with E-state index in [1.807, 2.05) is 18.2 Å². The van der Waals surface area contributed by atoms with Crippen molar-refractivity contribution in [1.82, 2.24) is 10.2 Å². The number of rotatable bonds is 8. The molecule has 3 rings (SSSR count). The third kappa shape index (κ3) is 5.37. The predicted molar refractivity (Wildman–Crippen MR) is 111 cm³/mol.